The molecule has 1 fully saturated rings. The van der Waals surface area contributed by atoms with Crippen LogP contribution < -0.4 is 5.32 Å². The average molecular weight is 487 g/mol. The predicted molar refractivity (Wildman–Crippen MR) is 132 cm³/mol. The van der Waals surface area contributed by atoms with E-state index in [1.54, 1.807) is 24.2 Å². The van der Waals surface area contributed by atoms with E-state index in [2.05, 4.69) is 53.1 Å². The van der Waals surface area contributed by atoms with Crippen LogP contribution in [-0.2, 0) is 33.7 Å². The summed E-state index contributed by atoms with van der Waals surface area (Å²) in [5.41, 5.74) is 2.19. The van der Waals surface area contributed by atoms with E-state index in [1.807, 2.05) is 12.1 Å². The Hall–Kier alpha value is -2.20. The zero-order valence-corrected chi connectivity index (χ0v) is 20.9. The molecule has 1 saturated heterocycles. The Balaban J connectivity index is 1.23. The highest BCUT2D eigenvalue weighted by Crippen LogP contribution is 2.31. The third-order valence-corrected chi connectivity index (χ3v) is 7.35. The number of thioether (sulfide) groups is 1. The number of aromatic nitrogens is 2. The van der Waals surface area contributed by atoms with Crippen molar-refractivity contribution in [2.45, 2.75) is 49.1 Å². The van der Waals surface area contributed by atoms with Crippen LogP contribution in [0.5, 0.6) is 0 Å². The molecule has 2 aromatic heterocycles. The number of nitrogens with zero attached hydrogens (tertiary/aromatic N) is 3. The highest BCUT2D eigenvalue weighted by molar-refractivity contribution is 8.00. The maximum atomic E-state index is 12.5. The molecule has 1 N–H and O–H groups in total. The van der Waals surface area contributed by atoms with Gasteiger partial charge >= 0.3 is 0 Å². The van der Waals surface area contributed by atoms with Gasteiger partial charge in [0, 0.05) is 25.0 Å². The summed E-state index contributed by atoms with van der Waals surface area (Å²) in [4.78, 5) is 23.5. The van der Waals surface area contributed by atoms with Crippen LogP contribution >= 0.6 is 23.1 Å². The maximum Gasteiger partial charge on any atom is 0.230 e. The van der Waals surface area contributed by atoms with E-state index in [4.69, 9.17) is 9.15 Å². The number of carbonyl (C=O) groups is 1. The summed E-state index contributed by atoms with van der Waals surface area (Å²) < 4.78 is 12.2. The van der Waals surface area contributed by atoms with Crippen LogP contribution in [0.15, 0.2) is 45.3 Å². The smallest absolute Gasteiger partial charge is 0.230 e. The molecule has 1 aromatic carbocycles. The zero-order valence-electron chi connectivity index (χ0n) is 19.3. The highest BCUT2D eigenvalue weighted by atomic mass is 32.2. The van der Waals surface area contributed by atoms with Gasteiger partial charge in [-0.2, -0.15) is 0 Å². The number of oxazole rings is 1. The second-order valence-electron chi connectivity index (χ2n) is 9.07. The number of carbonyl (C=O) groups excluding carboxylic acids is 1. The summed E-state index contributed by atoms with van der Waals surface area (Å²) in [6.45, 7) is 10.7. The van der Waals surface area contributed by atoms with E-state index in [1.165, 1.54) is 16.9 Å². The Morgan fingerprint density at radius 2 is 1.85 bits per heavy atom. The number of morpholine rings is 1. The lowest BCUT2D eigenvalue weighted by atomic mass is 9.94. The molecule has 1 amide bonds. The lowest BCUT2D eigenvalue weighted by molar-refractivity contribution is -0.115. The molecule has 0 bridgehead atoms. The van der Waals surface area contributed by atoms with Crippen molar-refractivity contribution in [2.24, 2.45) is 0 Å². The molecule has 3 aromatic rings. The molecule has 1 aliphatic rings. The molecule has 0 atom stereocenters. The summed E-state index contributed by atoms with van der Waals surface area (Å²) >= 11 is 3.06. The first-order valence-corrected chi connectivity index (χ1v) is 12.9. The average Bonchev–Trinajstić information content (AvgIpc) is 3.44. The van der Waals surface area contributed by atoms with Crippen LogP contribution in [0.1, 0.15) is 43.5 Å². The van der Waals surface area contributed by atoms with Gasteiger partial charge < -0.3 is 14.5 Å². The number of hydrogen-bond donors (Lipinski definition) is 1. The first kappa shape index (κ1) is 23.9. The number of nitrogens with one attached hydrogen (secondary N) is 1. The number of thiazole rings is 1. The fourth-order valence-corrected chi connectivity index (χ4v) is 5.11. The molecule has 0 unspecified atom stereocenters. The van der Waals surface area contributed by atoms with Gasteiger partial charge in [0.2, 0.25) is 11.8 Å². The lowest BCUT2D eigenvalue weighted by Gasteiger charge is -2.26. The minimum absolute atomic E-state index is 0.0546. The fourth-order valence-electron chi connectivity index (χ4n) is 3.37. The Morgan fingerprint density at radius 1 is 1.12 bits per heavy atom. The lowest BCUT2D eigenvalue weighted by Crippen LogP contribution is -2.35. The third kappa shape index (κ3) is 7.14. The van der Waals surface area contributed by atoms with Gasteiger partial charge in [-0.25, -0.2) is 9.97 Å². The van der Waals surface area contributed by atoms with Crippen LogP contribution in [0.3, 0.4) is 0 Å². The van der Waals surface area contributed by atoms with E-state index < -0.39 is 0 Å². The molecule has 3 heterocycles. The van der Waals surface area contributed by atoms with Crippen molar-refractivity contribution in [1.29, 1.82) is 0 Å². The molecule has 7 nitrogen and oxygen atoms in total. The summed E-state index contributed by atoms with van der Waals surface area (Å²) in [5.74, 6) is 2.14. The van der Waals surface area contributed by atoms with Crippen molar-refractivity contribution in [2.75, 3.05) is 31.6 Å². The Labute approximate surface area is 203 Å². The van der Waals surface area contributed by atoms with Gasteiger partial charge in [0.05, 0.1) is 42.0 Å². The minimum atomic E-state index is -0.0654. The summed E-state index contributed by atoms with van der Waals surface area (Å²) in [6.07, 6.45) is 3.90. The quantitative estimate of drug-likeness (QED) is 0.461. The SMILES string of the molecule is CC(C)(C)c1cnc(CSc2cnc(NC(=O)Cc3ccc(CN4CCOCC4)cc3)s2)o1. The summed E-state index contributed by atoms with van der Waals surface area (Å²) in [5, 5.41) is 3.51. The van der Waals surface area contributed by atoms with Crippen LogP contribution in [0.25, 0.3) is 0 Å². The van der Waals surface area contributed by atoms with Gasteiger partial charge in [-0.15, -0.1) is 11.8 Å². The van der Waals surface area contributed by atoms with Crippen molar-refractivity contribution in [3.8, 4) is 0 Å². The fraction of sp³-hybridized carbons (Fsp3) is 0.458. The maximum absolute atomic E-state index is 12.5. The van der Waals surface area contributed by atoms with E-state index in [-0.39, 0.29) is 11.3 Å². The largest absolute Gasteiger partial charge is 0.444 e. The number of amides is 1. The summed E-state index contributed by atoms with van der Waals surface area (Å²) in [7, 11) is 0. The molecule has 176 valence electrons. The Bertz CT molecular complexity index is 1050. The Kier molecular flexibility index (Phi) is 7.85. The minimum Gasteiger partial charge on any atom is -0.444 e. The third-order valence-electron chi connectivity index (χ3n) is 5.26. The van der Waals surface area contributed by atoms with E-state index >= 15 is 0 Å². The summed E-state index contributed by atoms with van der Waals surface area (Å²) in [6, 6.07) is 8.26. The van der Waals surface area contributed by atoms with Crippen LogP contribution in [0.4, 0.5) is 5.13 Å². The number of benzene rings is 1. The van der Waals surface area contributed by atoms with Gasteiger partial charge in [-0.05, 0) is 11.1 Å². The first-order chi connectivity index (χ1) is 15.8. The molecule has 0 saturated carbocycles. The van der Waals surface area contributed by atoms with E-state index in [0.29, 0.717) is 23.2 Å². The van der Waals surface area contributed by atoms with Gasteiger partial charge in [-0.1, -0.05) is 56.4 Å². The number of ether oxygens (including phenoxy) is 1. The monoisotopic (exact) mass is 486 g/mol. The van der Waals surface area contributed by atoms with E-state index in [9.17, 15) is 4.79 Å². The number of rotatable bonds is 8. The van der Waals surface area contributed by atoms with Crippen LogP contribution in [-0.4, -0.2) is 47.1 Å². The molecule has 4 rings (SSSR count). The van der Waals surface area contributed by atoms with Gasteiger partial charge in [0.25, 0.3) is 0 Å². The highest BCUT2D eigenvalue weighted by Gasteiger charge is 2.19. The topological polar surface area (TPSA) is 80.5 Å². The predicted octanol–water partition coefficient (Wildman–Crippen LogP) is 4.73. The van der Waals surface area contributed by atoms with Gasteiger partial charge in [0.1, 0.15) is 5.76 Å². The van der Waals surface area contributed by atoms with Gasteiger partial charge in [0.15, 0.2) is 5.13 Å². The van der Waals surface area contributed by atoms with Gasteiger partial charge in [-0.3, -0.25) is 9.69 Å². The normalized spacial score (nSPS) is 15.0. The molecule has 0 radical (unpaired) electrons. The zero-order chi connectivity index (χ0) is 23.3. The molecule has 33 heavy (non-hydrogen) atoms. The molecular weight excluding hydrogens is 456 g/mol. The number of anilines is 1. The molecule has 0 spiro atoms. The number of hydrogen-bond acceptors (Lipinski definition) is 8. The second-order valence-corrected chi connectivity index (χ2v) is 11.4. The first-order valence-electron chi connectivity index (χ1n) is 11.1. The van der Waals surface area contributed by atoms with Crippen molar-refractivity contribution in [3.05, 3.63) is 59.4 Å². The Morgan fingerprint density at radius 3 is 2.55 bits per heavy atom. The molecule has 9 heteroatoms. The van der Waals surface area contributed by atoms with Crippen molar-refractivity contribution < 1.29 is 13.9 Å². The van der Waals surface area contributed by atoms with Crippen LogP contribution in [0.2, 0.25) is 0 Å². The van der Waals surface area contributed by atoms with E-state index in [0.717, 1.165) is 48.4 Å². The molecular formula is C24H30N4O3S2. The van der Waals surface area contributed by atoms with Crippen molar-refractivity contribution in [1.82, 2.24) is 14.9 Å². The van der Waals surface area contributed by atoms with Crippen molar-refractivity contribution >= 4 is 34.1 Å². The molecule has 0 aliphatic carbocycles. The standard InChI is InChI=1S/C24H30N4O3S2/c1-24(2,3)19-13-25-21(31-19)16-32-22-14-26-23(33-22)27-20(29)12-17-4-6-18(7-5-17)15-28-8-10-30-11-9-28/h4-7,13-14H,8-12,15-16H2,1-3H3,(H,26,27,29). The van der Waals surface area contributed by atoms with Crippen molar-refractivity contribution in [3.63, 3.8) is 0 Å². The molecule has 1 aliphatic heterocycles. The second kappa shape index (κ2) is 10.8. The van der Waals surface area contributed by atoms with Crippen LogP contribution in [0, 0.1) is 0 Å².